The van der Waals surface area contributed by atoms with Crippen LogP contribution >= 0.6 is 7.82 Å². The minimum absolute atomic E-state index is 0.0497. The van der Waals surface area contributed by atoms with Crippen LogP contribution in [0.2, 0.25) is 0 Å². The Labute approximate surface area is 312 Å². The number of rotatable bonds is 38. The van der Waals surface area contributed by atoms with Crippen LogP contribution in [0.5, 0.6) is 0 Å². The number of allylic oxidation sites excluding steroid dienone is 6. The number of carbonyl (C=O) groups excluding carboxylic acids is 2. The Morgan fingerprint density at radius 1 is 0.588 bits per heavy atom. The van der Waals surface area contributed by atoms with Crippen LogP contribution in [-0.2, 0) is 32.7 Å². The topological polar surface area (TPSA) is 134 Å². The summed E-state index contributed by atoms with van der Waals surface area (Å²) in [4.78, 5) is 34.8. The van der Waals surface area contributed by atoms with Crippen LogP contribution in [0.1, 0.15) is 181 Å². The normalized spacial score (nSPS) is 13.7. The molecule has 0 heterocycles. The summed E-state index contributed by atoms with van der Waals surface area (Å²) < 4.78 is 32.7. The second-order valence-corrected chi connectivity index (χ2v) is 14.9. The molecule has 3 N–H and O–H groups in total. The zero-order valence-corrected chi connectivity index (χ0v) is 33.5. The van der Waals surface area contributed by atoms with E-state index in [1.165, 1.54) is 83.5 Å². The van der Waals surface area contributed by atoms with Gasteiger partial charge >= 0.3 is 19.8 Å². The first kappa shape index (κ1) is 49.2. The number of nitrogens with two attached hydrogens (primary N) is 1. The van der Waals surface area contributed by atoms with Crippen LogP contribution in [0.3, 0.4) is 0 Å². The van der Waals surface area contributed by atoms with Crippen LogP contribution in [-0.4, -0.2) is 49.3 Å². The molecule has 0 bridgehead atoms. The van der Waals surface area contributed by atoms with E-state index in [0.29, 0.717) is 12.8 Å². The molecule has 9 nitrogen and oxygen atoms in total. The van der Waals surface area contributed by atoms with Crippen LogP contribution in [0.4, 0.5) is 0 Å². The molecule has 0 saturated carbocycles. The van der Waals surface area contributed by atoms with Crippen LogP contribution in [0, 0.1) is 0 Å². The molecule has 0 spiro atoms. The molecule has 0 fully saturated rings. The molecule has 0 rings (SSSR count). The fourth-order valence-corrected chi connectivity index (χ4v) is 6.19. The van der Waals surface area contributed by atoms with Crippen molar-refractivity contribution in [1.29, 1.82) is 0 Å². The molecule has 51 heavy (non-hydrogen) atoms. The highest BCUT2D eigenvalue weighted by Crippen LogP contribution is 2.43. The van der Waals surface area contributed by atoms with Crippen molar-refractivity contribution in [2.75, 3.05) is 26.4 Å². The first-order chi connectivity index (χ1) is 24.8. The molecule has 0 aromatic rings. The Morgan fingerprint density at radius 3 is 1.57 bits per heavy atom. The molecule has 0 amide bonds. The van der Waals surface area contributed by atoms with E-state index < -0.39 is 32.5 Å². The van der Waals surface area contributed by atoms with Gasteiger partial charge in [0.05, 0.1) is 13.2 Å². The number of hydrogen-bond acceptors (Lipinski definition) is 8. The highest BCUT2D eigenvalue weighted by molar-refractivity contribution is 7.47. The lowest BCUT2D eigenvalue weighted by atomic mass is 10.1. The molecule has 0 aliphatic heterocycles. The van der Waals surface area contributed by atoms with Crippen molar-refractivity contribution in [2.45, 2.75) is 187 Å². The zero-order chi connectivity index (χ0) is 37.5. The van der Waals surface area contributed by atoms with Crippen LogP contribution in [0.15, 0.2) is 36.5 Å². The first-order valence-corrected chi connectivity index (χ1v) is 22.0. The number of carbonyl (C=O) groups is 2. The third-order valence-electron chi connectivity index (χ3n) is 8.50. The van der Waals surface area contributed by atoms with Crippen molar-refractivity contribution in [3.8, 4) is 0 Å². The summed E-state index contributed by atoms with van der Waals surface area (Å²) in [7, 11) is -4.38. The Kier molecular flexibility index (Phi) is 36.7. The summed E-state index contributed by atoms with van der Waals surface area (Å²) in [6.45, 7) is 3.67. The van der Waals surface area contributed by atoms with Crippen molar-refractivity contribution in [3.63, 3.8) is 0 Å². The van der Waals surface area contributed by atoms with Crippen molar-refractivity contribution >= 4 is 19.8 Å². The lowest BCUT2D eigenvalue weighted by Gasteiger charge is -2.19. The summed E-state index contributed by atoms with van der Waals surface area (Å²) in [5.41, 5.74) is 5.34. The van der Waals surface area contributed by atoms with Gasteiger partial charge in [0.1, 0.15) is 6.61 Å². The number of ether oxygens (including phenoxy) is 2. The van der Waals surface area contributed by atoms with E-state index in [9.17, 15) is 19.0 Å². The summed E-state index contributed by atoms with van der Waals surface area (Å²) in [5, 5.41) is 0. The number of hydrogen-bond donors (Lipinski definition) is 2. The van der Waals surface area contributed by atoms with Gasteiger partial charge in [0, 0.05) is 19.4 Å². The summed E-state index contributed by atoms with van der Waals surface area (Å²) >= 11 is 0. The molecular weight excluding hydrogens is 665 g/mol. The molecule has 0 radical (unpaired) electrons. The second-order valence-electron chi connectivity index (χ2n) is 13.5. The second kappa shape index (κ2) is 38.0. The van der Waals surface area contributed by atoms with E-state index in [0.717, 1.165) is 57.8 Å². The monoisotopic (exact) mass is 742 g/mol. The summed E-state index contributed by atoms with van der Waals surface area (Å²) in [6, 6.07) is 0. The minimum atomic E-state index is -4.38. The van der Waals surface area contributed by atoms with E-state index in [1.807, 2.05) is 0 Å². The number of esters is 2. The average Bonchev–Trinajstić information content (AvgIpc) is 3.11. The number of unbranched alkanes of at least 4 members (excludes halogenated alkanes) is 19. The number of phosphoric ester groups is 1. The maximum atomic E-state index is 12.6. The smallest absolute Gasteiger partial charge is 0.462 e. The lowest BCUT2D eigenvalue weighted by molar-refractivity contribution is -0.161. The third kappa shape index (κ3) is 37.8. The van der Waals surface area contributed by atoms with Crippen LogP contribution in [0.25, 0.3) is 0 Å². The quantitative estimate of drug-likeness (QED) is 0.0274. The first-order valence-electron chi connectivity index (χ1n) is 20.5. The van der Waals surface area contributed by atoms with E-state index in [2.05, 4.69) is 50.3 Å². The largest absolute Gasteiger partial charge is 0.472 e. The van der Waals surface area contributed by atoms with Gasteiger partial charge in [-0.25, -0.2) is 4.57 Å². The Balaban J connectivity index is 4.22. The average molecular weight is 742 g/mol. The molecular formula is C41H76NO8P. The van der Waals surface area contributed by atoms with Crippen molar-refractivity contribution < 1.29 is 37.6 Å². The molecule has 10 heteroatoms. The molecule has 0 aromatic carbocycles. The van der Waals surface area contributed by atoms with Gasteiger partial charge in [-0.05, 0) is 70.6 Å². The van der Waals surface area contributed by atoms with Crippen LogP contribution < -0.4 is 5.73 Å². The summed E-state index contributed by atoms with van der Waals surface area (Å²) in [5.74, 6) is -0.856. The lowest BCUT2D eigenvalue weighted by Crippen LogP contribution is -2.29. The van der Waals surface area contributed by atoms with Gasteiger partial charge in [0.15, 0.2) is 6.10 Å². The van der Waals surface area contributed by atoms with Crippen molar-refractivity contribution in [1.82, 2.24) is 0 Å². The van der Waals surface area contributed by atoms with E-state index >= 15 is 0 Å². The molecule has 2 atom stereocenters. The molecule has 298 valence electrons. The van der Waals surface area contributed by atoms with E-state index in [1.54, 1.807) is 0 Å². The summed E-state index contributed by atoms with van der Waals surface area (Å²) in [6.07, 6.45) is 40.3. The Bertz CT molecular complexity index is 939. The minimum Gasteiger partial charge on any atom is -0.462 e. The Morgan fingerprint density at radius 2 is 1.02 bits per heavy atom. The van der Waals surface area contributed by atoms with Crippen molar-refractivity contribution in [3.05, 3.63) is 36.5 Å². The number of phosphoric acid groups is 1. The predicted molar refractivity (Wildman–Crippen MR) is 210 cm³/mol. The van der Waals surface area contributed by atoms with Gasteiger partial charge in [-0.3, -0.25) is 18.6 Å². The van der Waals surface area contributed by atoms with E-state index in [-0.39, 0.29) is 32.6 Å². The zero-order valence-electron chi connectivity index (χ0n) is 32.6. The highest BCUT2D eigenvalue weighted by atomic mass is 31.2. The molecule has 0 aliphatic rings. The van der Waals surface area contributed by atoms with Gasteiger partial charge in [-0.2, -0.15) is 0 Å². The van der Waals surface area contributed by atoms with Gasteiger partial charge in [-0.1, -0.05) is 134 Å². The highest BCUT2D eigenvalue weighted by Gasteiger charge is 2.25. The fraction of sp³-hybridized carbons (Fsp3) is 0.805. The SMILES string of the molecule is CCCCC/C=C/C/C=C/CCCCCCCCCC(=O)O[C@H](COC(=O)CCCCC/C=C/CCCCCCCC)COP(=O)(O)OCCN. The molecule has 0 saturated heterocycles. The third-order valence-corrected chi connectivity index (χ3v) is 9.48. The maximum Gasteiger partial charge on any atom is 0.472 e. The van der Waals surface area contributed by atoms with Crippen molar-refractivity contribution in [2.24, 2.45) is 5.73 Å². The maximum absolute atomic E-state index is 12.6. The Hall–Kier alpha value is -1.77. The van der Waals surface area contributed by atoms with Gasteiger partial charge in [0.2, 0.25) is 0 Å². The predicted octanol–water partition coefficient (Wildman–Crippen LogP) is 11.4. The van der Waals surface area contributed by atoms with Gasteiger partial charge in [0.25, 0.3) is 0 Å². The fourth-order valence-electron chi connectivity index (χ4n) is 5.42. The molecule has 0 aromatic heterocycles. The van der Waals surface area contributed by atoms with Gasteiger partial charge in [-0.15, -0.1) is 0 Å². The van der Waals surface area contributed by atoms with E-state index in [4.69, 9.17) is 24.3 Å². The molecule has 0 aliphatic carbocycles. The van der Waals surface area contributed by atoms with Gasteiger partial charge < -0.3 is 20.1 Å². The molecule has 1 unspecified atom stereocenters. The standard InChI is InChI=1S/C41H76NO8P/c1-3-5-7-9-11-13-15-17-18-19-20-22-24-26-28-30-32-34-41(44)50-39(38-49-51(45,46)48-36-35-42)37-47-40(43)33-31-29-27-25-23-21-16-14-12-10-8-6-4-2/h11,13,17-18,21,23,39H,3-10,12,14-16,19-20,22,24-38,42H2,1-2H3,(H,45,46)/b13-11+,18-17+,23-21+/t39-/m1/s1.